The predicted molar refractivity (Wildman–Crippen MR) is 108 cm³/mol. The van der Waals surface area contributed by atoms with Crippen molar-refractivity contribution in [3.05, 3.63) is 65.2 Å². The van der Waals surface area contributed by atoms with Gasteiger partial charge in [-0.1, -0.05) is 31.2 Å². The number of benzene rings is 2. The van der Waals surface area contributed by atoms with Crippen LogP contribution in [0.2, 0.25) is 0 Å². The van der Waals surface area contributed by atoms with Crippen LogP contribution in [0.1, 0.15) is 66.4 Å². The summed E-state index contributed by atoms with van der Waals surface area (Å²) in [6.07, 6.45) is 6.50. The van der Waals surface area contributed by atoms with Gasteiger partial charge in [-0.05, 0) is 97.1 Å². The first kappa shape index (κ1) is 17.9. The van der Waals surface area contributed by atoms with Gasteiger partial charge < -0.3 is 9.84 Å². The summed E-state index contributed by atoms with van der Waals surface area (Å²) in [5, 5.41) is 10.5. The Kier molecular flexibility index (Phi) is 4.31. The fraction of sp³-hybridized carbons (Fsp3) is 0.480. The lowest BCUT2D eigenvalue weighted by atomic mass is 9.55. The van der Waals surface area contributed by atoms with Gasteiger partial charge in [0.15, 0.2) is 0 Å². The Morgan fingerprint density at radius 1 is 1.07 bits per heavy atom. The van der Waals surface area contributed by atoms with Crippen LogP contribution in [0, 0.1) is 17.3 Å². The second kappa shape index (κ2) is 6.73. The Bertz CT molecular complexity index is 890. The average Bonchev–Trinajstić information content (AvgIpc) is 3.03. The van der Waals surface area contributed by atoms with Crippen molar-refractivity contribution in [2.45, 2.75) is 57.5 Å². The van der Waals surface area contributed by atoms with E-state index in [1.165, 1.54) is 24.0 Å². The Morgan fingerprint density at radius 2 is 1.89 bits per heavy atom. The highest BCUT2D eigenvalue weighted by molar-refractivity contribution is 5.91. The molecule has 0 heterocycles. The number of esters is 1. The van der Waals surface area contributed by atoms with Gasteiger partial charge in [0.05, 0.1) is 11.7 Å². The number of hydrogen-bond donors (Lipinski definition) is 1. The van der Waals surface area contributed by atoms with Gasteiger partial charge in [0.25, 0.3) is 0 Å². The second-order valence-electron chi connectivity index (χ2n) is 9.17. The van der Waals surface area contributed by atoms with Gasteiger partial charge in [-0.2, -0.15) is 0 Å². The third-order valence-electron chi connectivity index (χ3n) is 7.87. The molecule has 0 bridgehead atoms. The summed E-state index contributed by atoms with van der Waals surface area (Å²) in [4.78, 5) is 12.4. The first-order valence-electron chi connectivity index (χ1n) is 10.6. The minimum Gasteiger partial charge on any atom is -0.423 e. The number of carbonyl (C=O) groups is 1. The second-order valence-corrected chi connectivity index (χ2v) is 9.17. The highest BCUT2D eigenvalue weighted by Crippen LogP contribution is 2.60. The van der Waals surface area contributed by atoms with Crippen molar-refractivity contribution in [2.24, 2.45) is 17.3 Å². The zero-order valence-electron chi connectivity index (χ0n) is 16.4. The number of rotatable bonds is 2. The summed E-state index contributed by atoms with van der Waals surface area (Å²) in [5.74, 6) is 2.25. The molecule has 3 aliphatic rings. The van der Waals surface area contributed by atoms with Gasteiger partial charge >= 0.3 is 5.97 Å². The molecule has 2 saturated carbocycles. The van der Waals surface area contributed by atoms with E-state index in [-0.39, 0.29) is 17.5 Å². The standard InChI is InChI=1S/C25H28O3/c1-25-14-13-20-19-10-8-18(28-24(27)16-5-3-2-4-6-16)15-17(19)7-9-21(20)22(25)11-12-23(25)26/h2-6,8,10,15,20-23,26H,7,9,11-14H2,1H3/t20-,21-,22-,23+,25+/m1/s1. The smallest absolute Gasteiger partial charge is 0.343 e. The maximum absolute atomic E-state index is 12.4. The molecule has 0 spiro atoms. The van der Waals surface area contributed by atoms with Crippen molar-refractivity contribution in [1.82, 2.24) is 0 Å². The topological polar surface area (TPSA) is 46.5 Å². The number of hydrogen-bond acceptors (Lipinski definition) is 3. The molecule has 28 heavy (non-hydrogen) atoms. The molecule has 0 aliphatic heterocycles. The van der Waals surface area contributed by atoms with Crippen LogP contribution in [0.25, 0.3) is 0 Å². The van der Waals surface area contributed by atoms with E-state index in [0.717, 1.165) is 25.7 Å². The lowest BCUT2D eigenvalue weighted by Gasteiger charge is -2.50. The summed E-state index contributed by atoms with van der Waals surface area (Å²) in [6.45, 7) is 2.31. The quantitative estimate of drug-likeness (QED) is 0.584. The summed E-state index contributed by atoms with van der Waals surface area (Å²) in [5.41, 5.74) is 3.47. The van der Waals surface area contributed by atoms with Crippen molar-refractivity contribution in [3.63, 3.8) is 0 Å². The molecule has 146 valence electrons. The van der Waals surface area contributed by atoms with Crippen molar-refractivity contribution < 1.29 is 14.6 Å². The Morgan fingerprint density at radius 3 is 2.71 bits per heavy atom. The molecule has 2 fully saturated rings. The van der Waals surface area contributed by atoms with E-state index in [1.807, 2.05) is 24.3 Å². The van der Waals surface area contributed by atoms with Gasteiger partial charge in [0, 0.05) is 0 Å². The number of carbonyl (C=O) groups excluding carboxylic acids is 1. The fourth-order valence-electron chi connectivity index (χ4n) is 6.33. The predicted octanol–water partition coefficient (Wildman–Crippen LogP) is 5.12. The van der Waals surface area contributed by atoms with Gasteiger partial charge in [-0.3, -0.25) is 0 Å². The number of aliphatic hydroxyl groups excluding tert-OH is 1. The van der Waals surface area contributed by atoms with Crippen LogP contribution in [0.3, 0.4) is 0 Å². The minimum atomic E-state index is -0.303. The molecule has 3 nitrogen and oxygen atoms in total. The molecule has 0 radical (unpaired) electrons. The molecule has 2 aromatic carbocycles. The van der Waals surface area contributed by atoms with Crippen LogP contribution in [0.15, 0.2) is 48.5 Å². The van der Waals surface area contributed by atoms with E-state index in [4.69, 9.17) is 4.74 Å². The van der Waals surface area contributed by atoms with E-state index >= 15 is 0 Å². The van der Waals surface area contributed by atoms with E-state index in [2.05, 4.69) is 19.1 Å². The number of aryl methyl sites for hydroxylation is 1. The lowest BCUT2D eigenvalue weighted by Crippen LogP contribution is -2.43. The SMILES string of the molecule is C[C@]12CC[C@@H]3c4ccc(OC(=O)c5ccccc5)cc4CC[C@H]3[C@H]1CC[C@@H]2O. The minimum absolute atomic E-state index is 0.115. The van der Waals surface area contributed by atoms with Crippen molar-refractivity contribution in [2.75, 3.05) is 0 Å². The monoisotopic (exact) mass is 376 g/mol. The third kappa shape index (κ3) is 2.79. The van der Waals surface area contributed by atoms with E-state index in [1.54, 1.807) is 12.1 Å². The van der Waals surface area contributed by atoms with Gasteiger partial charge in [-0.15, -0.1) is 0 Å². The van der Waals surface area contributed by atoms with Crippen LogP contribution in [0.5, 0.6) is 5.75 Å². The van der Waals surface area contributed by atoms with Gasteiger partial charge in [0.1, 0.15) is 5.75 Å². The molecule has 2 aromatic rings. The molecular weight excluding hydrogens is 348 g/mol. The highest BCUT2D eigenvalue weighted by atomic mass is 16.5. The van der Waals surface area contributed by atoms with Crippen LogP contribution < -0.4 is 4.74 Å². The van der Waals surface area contributed by atoms with Crippen LogP contribution >= 0.6 is 0 Å². The highest BCUT2D eigenvalue weighted by Gasteiger charge is 2.54. The lowest BCUT2D eigenvalue weighted by molar-refractivity contribution is -0.0226. The van der Waals surface area contributed by atoms with Crippen molar-refractivity contribution in [3.8, 4) is 5.75 Å². The zero-order valence-corrected chi connectivity index (χ0v) is 16.4. The number of aliphatic hydroxyl groups is 1. The molecule has 3 aliphatic carbocycles. The molecule has 5 rings (SSSR count). The van der Waals surface area contributed by atoms with Gasteiger partial charge in [0.2, 0.25) is 0 Å². The molecule has 0 amide bonds. The molecular formula is C25H28O3. The summed E-state index contributed by atoms with van der Waals surface area (Å²) >= 11 is 0. The third-order valence-corrected chi connectivity index (χ3v) is 7.87. The summed E-state index contributed by atoms with van der Waals surface area (Å²) in [6, 6.07) is 15.4. The van der Waals surface area contributed by atoms with Gasteiger partial charge in [-0.25, -0.2) is 4.79 Å². The maximum atomic E-state index is 12.4. The van der Waals surface area contributed by atoms with E-state index in [0.29, 0.717) is 29.1 Å². The Hall–Kier alpha value is -2.13. The van der Waals surface area contributed by atoms with Crippen LogP contribution in [-0.2, 0) is 6.42 Å². The maximum Gasteiger partial charge on any atom is 0.343 e. The molecule has 0 saturated heterocycles. The molecule has 5 atom stereocenters. The van der Waals surface area contributed by atoms with Crippen molar-refractivity contribution in [1.29, 1.82) is 0 Å². The molecule has 0 aromatic heterocycles. The van der Waals surface area contributed by atoms with E-state index < -0.39 is 0 Å². The largest absolute Gasteiger partial charge is 0.423 e. The molecule has 1 N–H and O–H groups in total. The fourth-order valence-corrected chi connectivity index (χ4v) is 6.33. The summed E-state index contributed by atoms with van der Waals surface area (Å²) in [7, 11) is 0. The first-order chi connectivity index (χ1) is 13.6. The van der Waals surface area contributed by atoms with Crippen LogP contribution in [-0.4, -0.2) is 17.2 Å². The normalized spacial score (nSPS) is 33.5. The Labute approximate surface area is 166 Å². The van der Waals surface area contributed by atoms with E-state index in [9.17, 15) is 9.90 Å². The molecule has 0 unspecified atom stereocenters. The zero-order chi connectivity index (χ0) is 19.3. The van der Waals surface area contributed by atoms with Crippen LogP contribution in [0.4, 0.5) is 0 Å². The Balaban J connectivity index is 1.37. The number of fused-ring (bicyclic) bond motifs is 5. The molecule has 3 heteroatoms. The number of ether oxygens (including phenoxy) is 1. The summed E-state index contributed by atoms with van der Waals surface area (Å²) < 4.78 is 5.63. The van der Waals surface area contributed by atoms with Crippen molar-refractivity contribution >= 4 is 5.97 Å². The average molecular weight is 376 g/mol. The first-order valence-corrected chi connectivity index (χ1v) is 10.6.